The van der Waals surface area contributed by atoms with Crippen LogP contribution in [-0.4, -0.2) is 77.0 Å². The van der Waals surface area contributed by atoms with E-state index in [-0.39, 0.29) is 23.0 Å². The Morgan fingerprint density at radius 2 is 1.75 bits per heavy atom. The molecular weight excluding hydrogens is 471 g/mol. The van der Waals surface area contributed by atoms with Crippen molar-refractivity contribution in [1.82, 2.24) is 24.8 Å². The van der Waals surface area contributed by atoms with Crippen molar-refractivity contribution >= 4 is 28.4 Å². The number of hydrogen-bond donors (Lipinski definition) is 1. The third kappa shape index (κ3) is 5.56. The molecule has 2 N–H and O–H groups in total. The lowest BCUT2D eigenvalue weighted by atomic mass is 10.0. The minimum absolute atomic E-state index is 0.00147. The molecule has 2 aliphatic rings. The van der Waals surface area contributed by atoms with Gasteiger partial charge in [-0.25, -0.2) is 15.0 Å². The lowest BCUT2D eigenvalue weighted by Crippen LogP contribution is -2.48. The fraction of sp³-hybridized carbons (Fsp3) is 0.360. The van der Waals surface area contributed by atoms with Crippen LogP contribution < -0.4 is 10.6 Å². The number of fused-ring (bicyclic) bond motifs is 1. The van der Waals surface area contributed by atoms with Crippen molar-refractivity contribution in [3.05, 3.63) is 54.9 Å². The molecule has 0 saturated carbocycles. The summed E-state index contributed by atoms with van der Waals surface area (Å²) >= 11 is 0. The first-order valence-electron chi connectivity index (χ1n) is 11.6. The molecule has 2 fully saturated rings. The van der Waals surface area contributed by atoms with Crippen molar-refractivity contribution in [1.29, 1.82) is 0 Å². The van der Waals surface area contributed by atoms with Crippen LogP contribution >= 0.6 is 0 Å². The van der Waals surface area contributed by atoms with E-state index in [0.29, 0.717) is 42.9 Å². The number of rotatable bonds is 3. The van der Waals surface area contributed by atoms with Gasteiger partial charge in [0.2, 0.25) is 5.91 Å². The molecule has 0 spiro atoms. The van der Waals surface area contributed by atoms with Crippen molar-refractivity contribution < 1.29 is 18.0 Å². The molecule has 2 aromatic heterocycles. The van der Waals surface area contributed by atoms with Gasteiger partial charge in [-0.2, -0.15) is 13.2 Å². The summed E-state index contributed by atoms with van der Waals surface area (Å²) in [5.74, 6) is 0.546. The number of nitrogens with zero attached hydrogens (tertiary/aromatic N) is 6. The van der Waals surface area contributed by atoms with Crippen molar-refractivity contribution in [3.63, 3.8) is 0 Å². The number of aromatic nitrogens is 3. The highest BCUT2D eigenvalue weighted by Gasteiger charge is 2.34. The van der Waals surface area contributed by atoms with E-state index in [1.54, 1.807) is 23.1 Å². The van der Waals surface area contributed by atoms with Gasteiger partial charge in [-0.3, -0.25) is 4.79 Å². The molecule has 0 aliphatic carbocycles. The van der Waals surface area contributed by atoms with Crippen LogP contribution in [0.2, 0.25) is 0 Å². The average molecular weight is 500 g/mol. The number of hydrogen-bond acceptors (Lipinski definition) is 7. The smallest absolute Gasteiger partial charge is 0.384 e. The number of nitrogens with two attached hydrogens (primary N) is 1. The first-order valence-corrected chi connectivity index (χ1v) is 11.6. The largest absolute Gasteiger partial charge is 0.418 e. The van der Waals surface area contributed by atoms with E-state index in [0.717, 1.165) is 12.1 Å². The molecule has 2 aliphatic heterocycles. The topological polar surface area (TPSA) is 91.5 Å². The number of anilines is 2. The molecule has 0 unspecified atom stereocenters. The van der Waals surface area contributed by atoms with Crippen LogP contribution in [0.5, 0.6) is 0 Å². The van der Waals surface area contributed by atoms with Gasteiger partial charge >= 0.3 is 6.18 Å². The number of likely N-dealkylation sites (tertiary alicyclic amines) is 1. The highest BCUT2D eigenvalue weighted by Crippen LogP contribution is 2.37. The molecule has 0 atom stereocenters. The van der Waals surface area contributed by atoms with Crippen LogP contribution in [0.3, 0.4) is 0 Å². The predicted octanol–water partition coefficient (Wildman–Crippen LogP) is 3.45. The maximum atomic E-state index is 13.5. The van der Waals surface area contributed by atoms with Crippen LogP contribution in [0.4, 0.5) is 24.8 Å². The summed E-state index contributed by atoms with van der Waals surface area (Å²) < 4.78 is 40.4. The Labute approximate surface area is 207 Å². The molecule has 2 saturated heterocycles. The second-order valence-electron chi connectivity index (χ2n) is 8.73. The summed E-state index contributed by atoms with van der Waals surface area (Å²) in [5.41, 5.74) is 5.29. The molecule has 0 radical (unpaired) electrons. The minimum Gasteiger partial charge on any atom is -0.384 e. The Morgan fingerprint density at radius 1 is 1.06 bits per heavy atom. The van der Waals surface area contributed by atoms with Gasteiger partial charge in [0.05, 0.1) is 16.8 Å². The number of amides is 1. The average Bonchev–Trinajstić information content (AvgIpc) is 2.86. The molecule has 36 heavy (non-hydrogen) atoms. The summed E-state index contributed by atoms with van der Waals surface area (Å²) in [6.45, 7) is 8.34. The van der Waals surface area contributed by atoms with Crippen LogP contribution in [0.15, 0.2) is 49.3 Å². The van der Waals surface area contributed by atoms with Gasteiger partial charge in [0.25, 0.3) is 0 Å². The van der Waals surface area contributed by atoms with E-state index >= 15 is 0 Å². The third-order valence-corrected chi connectivity index (χ3v) is 6.26. The first-order chi connectivity index (χ1) is 17.2. The number of alkyl halides is 3. The fourth-order valence-electron chi connectivity index (χ4n) is 4.11. The van der Waals surface area contributed by atoms with Crippen molar-refractivity contribution in [3.8, 4) is 11.3 Å². The fourth-order valence-corrected chi connectivity index (χ4v) is 4.11. The van der Waals surface area contributed by atoms with Crippen LogP contribution in [-0.2, 0) is 11.0 Å². The molecular formula is C25H28F3N7O. The molecule has 8 nitrogen and oxygen atoms in total. The lowest BCUT2D eigenvalue weighted by Gasteiger charge is -2.35. The number of benzene rings is 1. The zero-order valence-electron chi connectivity index (χ0n) is 20.0. The Bertz CT molecular complexity index is 1250. The van der Waals surface area contributed by atoms with Gasteiger partial charge in [-0.15, -0.1) is 0 Å². The standard InChI is InChI=1S/C21H19F3N6O.C4H9N/c1-2-18(31)29-7-9-30(10-8-29)20-14-4-3-13(11-16(14)26-12-27-20)19-15(21(22,23)24)5-6-17(25)28-19;1-5-3-2-4-5/h2-6,11-12H,1,7-10H2,(H2,25,28);2-4H2,1H3. The maximum absolute atomic E-state index is 13.5. The molecule has 1 aromatic carbocycles. The van der Waals surface area contributed by atoms with E-state index in [2.05, 4.69) is 33.5 Å². The zero-order valence-corrected chi connectivity index (χ0v) is 20.0. The highest BCUT2D eigenvalue weighted by molar-refractivity contribution is 5.92. The Kier molecular flexibility index (Phi) is 7.39. The summed E-state index contributed by atoms with van der Waals surface area (Å²) in [6, 6.07) is 6.85. The Morgan fingerprint density at radius 3 is 2.33 bits per heavy atom. The number of carbonyl (C=O) groups excluding carboxylic acids is 1. The normalized spacial score (nSPS) is 16.2. The summed E-state index contributed by atoms with van der Waals surface area (Å²) in [6.07, 6.45) is -0.488. The monoisotopic (exact) mass is 499 g/mol. The van der Waals surface area contributed by atoms with E-state index in [9.17, 15) is 18.0 Å². The van der Waals surface area contributed by atoms with E-state index in [1.807, 2.05) is 4.90 Å². The molecule has 3 aromatic rings. The minimum atomic E-state index is -4.57. The molecule has 4 heterocycles. The van der Waals surface area contributed by atoms with Crippen molar-refractivity contribution in [2.75, 3.05) is 56.9 Å². The zero-order chi connectivity index (χ0) is 25.9. The quantitative estimate of drug-likeness (QED) is 0.552. The molecule has 5 rings (SSSR count). The van der Waals surface area contributed by atoms with Crippen LogP contribution in [0, 0.1) is 0 Å². The number of pyridine rings is 1. The highest BCUT2D eigenvalue weighted by atomic mass is 19.4. The second-order valence-corrected chi connectivity index (χ2v) is 8.73. The first kappa shape index (κ1) is 25.4. The third-order valence-electron chi connectivity index (χ3n) is 6.26. The summed E-state index contributed by atoms with van der Waals surface area (Å²) in [7, 11) is 2.14. The van der Waals surface area contributed by atoms with Gasteiger partial charge < -0.3 is 20.4 Å². The second kappa shape index (κ2) is 10.5. The predicted molar refractivity (Wildman–Crippen MR) is 133 cm³/mol. The van der Waals surface area contributed by atoms with Crippen LogP contribution in [0.25, 0.3) is 22.2 Å². The lowest BCUT2D eigenvalue weighted by molar-refractivity contribution is -0.137. The number of halogens is 3. The molecule has 190 valence electrons. The number of carbonyl (C=O) groups is 1. The van der Waals surface area contributed by atoms with Gasteiger partial charge in [0, 0.05) is 37.1 Å². The van der Waals surface area contributed by atoms with Crippen molar-refractivity contribution in [2.24, 2.45) is 0 Å². The summed E-state index contributed by atoms with van der Waals surface area (Å²) in [5, 5.41) is 0.701. The maximum Gasteiger partial charge on any atom is 0.418 e. The molecule has 1 amide bonds. The van der Waals surface area contributed by atoms with E-state index in [4.69, 9.17) is 5.73 Å². The van der Waals surface area contributed by atoms with Crippen molar-refractivity contribution in [2.45, 2.75) is 12.6 Å². The van der Waals surface area contributed by atoms with E-state index < -0.39 is 11.7 Å². The summed E-state index contributed by atoms with van der Waals surface area (Å²) in [4.78, 5) is 30.3. The van der Waals surface area contributed by atoms with Gasteiger partial charge in [-0.1, -0.05) is 12.6 Å². The Balaban J connectivity index is 0.000000543. The van der Waals surface area contributed by atoms with E-state index in [1.165, 1.54) is 31.9 Å². The SMILES string of the molecule is C=CC(=O)N1CCN(c2ncnc3cc(-c4nc(N)ccc4C(F)(F)F)ccc23)CC1.CN1CCC1. The Hall–Kier alpha value is -3.73. The molecule has 0 bridgehead atoms. The molecule has 11 heteroatoms. The van der Waals surface area contributed by atoms with Gasteiger partial charge in [0.15, 0.2) is 0 Å². The van der Waals surface area contributed by atoms with Crippen LogP contribution in [0.1, 0.15) is 12.0 Å². The number of piperazine rings is 1. The van der Waals surface area contributed by atoms with Gasteiger partial charge in [-0.05, 0) is 56.9 Å². The van der Waals surface area contributed by atoms with Gasteiger partial charge in [0.1, 0.15) is 18.0 Å². The number of nitrogen functional groups attached to an aromatic ring is 1.